The Bertz CT molecular complexity index is 741. The van der Waals surface area contributed by atoms with Crippen molar-refractivity contribution in [2.75, 3.05) is 6.26 Å². The number of rotatable bonds is 4. The van der Waals surface area contributed by atoms with Gasteiger partial charge >= 0.3 is 0 Å². The van der Waals surface area contributed by atoms with Crippen molar-refractivity contribution >= 4 is 35.4 Å². The lowest BCUT2D eigenvalue weighted by Gasteiger charge is -2.06. The smallest absolute Gasteiger partial charge is 0.240 e. The lowest BCUT2D eigenvalue weighted by Crippen LogP contribution is -2.14. The number of hydrogen-bond donors (Lipinski definition) is 0. The van der Waals surface area contributed by atoms with Gasteiger partial charge in [0.15, 0.2) is 5.16 Å². The maximum Gasteiger partial charge on any atom is 0.240 e. The average molecular weight is 326 g/mol. The van der Waals surface area contributed by atoms with Crippen molar-refractivity contribution in [3.05, 3.63) is 39.9 Å². The first kappa shape index (κ1) is 15.5. The minimum absolute atomic E-state index is 0.0130. The van der Waals surface area contributed by atoms with Gasteiger partial charge in [0.2, 0.25) is 18.0 Å². The Balaban J connectivity index is 2.62. The molecule has 0 aliphatic carbocycles. The number of carbonyl (C=O) groups is 1. The standard InChI is InChI=1S/C12H7ClFN4O2S/c1-5-15-3-6(10(13)16-5)9(20)8-7(4-19)11(14)18-12(17-8)21-2/h3H,1-2H3. The van der Waals surface area contributed by atoms with Crippen LogP contribution >= 0.6 is 23.4 Å². The van der Waals surface area contributed by atoms with Gasteiger partial charge in [-0.2, -0.15) is 9.37 Å². The number of nitrogens with zero attached hydrogens (tertiary/aromatic N) is 4. The highest BCUT2D eigenvalue weighted by atomic mass is 35.5. The molecule has 2 heterocycles. The number of aryl methyl sites for hydroxylation is 1. The van der Waals surface area contributed by atoms with Gasteiger partial charge in [0.05, 0.1) is 5.56 Å². The normalized spacial score (nSPS) is 10.5. The summed E-state index contributed by atoms with van der Waals surface area (Å²) in [6.07, 6.45) is 4.13. The summed E-state index contributed by atoms with van der Waals surface area (Å²) < 4.78 is 13.7. The van der Waals surface area contributed by atoms with Gasteiger partial charge in [0, 0.05) is 6.20 Å². The van der Waals surface area contributed by atoms with E-state index in [4.69, 9.17) is 11.6 Å². The molecule has 6 nitrogen and oxygen atoms in total. The number of halogens is 2. The van der Waals surface area contributed by atoms with E-state index in [1.165, 1.54) is 12.5 Å². The number of aromatic nitrogens is 4. The minimum atomic E-state index is -1.11. The molecule has 0 saturated carbocycles. The Kier molecular flexibility index (Phi) is 4.59. The summed E-state index contributed by atoms with van der Waals surface area (Å²) >= 11 is 6.90. The van der Waals surface area contributed by atoms with Crippen molar-refractivity contribution in [3.8, 4) is 0 Å². The second kappa shape index (κ2) is 6.23. The Morgan fingerprint density at radius 1 is 1.38 bits per heavy atom. The van der Waals surface area contributed by atoms with Crippen molar-refractivity contribution < 1.29 is 14.0 Å². The molecular formula is C12H7ClFN4O2S. The van der Waals surface area contributed by atoms with E-state index in [-0.39, 0.29) is 15.9 Å². The largest absolute Gasteiger partial charge is 0.287 e. The SMILES string of the molecule is CSc1nc(F)c([C]=O)c(C(=O)c2cnc(C)nc2Cl)n1. The summed E-state index contributed by atoms with van der Waals surface area (Å²) in [5, 5.41) is -0.0897. The van der Waals surface area contributed by atoms with Gasteiger partial charge in [-0.3, -0.25) is 9.59 Å². The van der Waals surface area contributed by atoms with Gasteiger partial charge in [-0.1, -0.05) is 23.4 Å². The van der Waals surface area contributed by atoms with E-state index in [1.54, 1.807) is 13.2 Å². The molecule has 0 bridgehead atoms. The fraction of sp³-hybridized carbons (Fsp3) is 0.167. The molecule has 9 heteroatoms. The molecule has 0 aromatic carbocycles. The van der Waals surface area contributed by atoms with Crippen LogP contribution in [0.5, 0.6) is 0 Å². The lowest BCUT2D eigenvalue weighted by atomic mass is 10.1. The number of hydrogen-bond acceptors (Lipinski definition) is 7. The molecule has 21 heavy (non-hydrogen) atoms. The summed E-state index contributed by atoms with van der Waals surface area (Å²) in [7, 11) is 0. The van der Waals surface area contributed by atoms with Crippen molar-refractivity contribution in [1.82, 2.24) is 19.9 Å². The maximum atomic E-state index is 13.7. The van der Waals surface area contributed by atoms with Crippen molar-refractivity contribution in [2.45, 2.75) is 12.1 Å². The molecule has 0 N–H and O–H groups in total. The molecule has 2 aromatic heterocycles. The second-order valence-corrected chi connectivity index (χ2v) is 4.91. The molecular weight excluding hydrogens is 319 g/mol. The first-order valence-corrected chi connectivity index (χ1v) is 7.11. The monoisotopic (exact) mass is 325 g/mol. The van der Waals surface area contributed by atoms with E-state index < -0.39 is 23.0 Å². The molecule has 1 radical (unpaired) electrons. The summed E-state index contributed by atoms with van der Waals surface area (Å²) in [6, 6.07) is 0. The molecule has 0 spiro atoms. The predicted octanol–water partition coefficient (Wildman–Crippen LogP) is 1.78. The number of ketones is 1. The van der Waals surface area contributed by atoms with Crippen molar-refractivity contribution in [1.29, 1.82) is 0 Å². The van der Waals surface area contributed by atoms with E-state index in [1.807, 2.05) is 0 Å². The van der Waals surface area contributed by atoms with E-state index in [9.17, 15) is 14.0 Å². The Morgan fingerprint density at radius 2 is 2.10 bits per heavy atom. The van der Waals surface area contributed by atoms with Gasteiger partial charge in [-0.25, -0.2) is 15.0 Å². The minimum Gasteiger partial charge on any atom is -0.287 e. The molecule has 0 aliphatic heterocycles. The van der Waals surface area contributed by atoms with E-state index in [0.717, 1.165) is 11.8 Å². The molecule has 0 aliphatic rings. The second-order valence-electron chi connectivity index (χ2n) is 3.78. The number of thioether (sulfide) groups is 1. The number of carbonyl (C=O) groups excluding carboxylic acids is 2. The quantitative estimate of drug-likeness (QED) is 0.366. The zero-order valence-corrected chi connectivity index (χ0v) is 12.4. The topological polar surface area (TPSA) is 85.7 Å². The Labute approximate surface area is 128 Å². The Hall–Kier alpha value is -1.93. The summed E-state index contributed by atoms with van der Waals surface area (Å²) in [4.78, 5) is 38.2. The van der Waals surface area contributed by atoms with Gasteiger partial charge in [0.25, 0.3) is 0 Å². The Morgan fingerprint density at radius 3 is 2.67 bits per heavy atom. The van der Waals surface area contributed by atoms with Gasteiger partial charge in [0.1, 0.15) is 22.2 Å². The zero-order valence-electron chi connectivity index (χ0n) is 10.8. The van der Waals surface area contributed by atoms with E-state index in [2.05, 4.69) is 19.9 Å². The third-order valence-electron chi connectivity index (χ3n) is 2.45. The molecule has 0 saturated heterocycles. The third-order valence-corrected chi connectivity index (χ3v) is 3.29. The summed E-state index contributed by atoms with van der Waals surface area (Å²) in [5.74, 6) is -1.51. The zero-order chi connectivity index (χ0) is 15.6. The fourth-order valence-corrected chi connectivity index (χ4v) is 2.09. The van der Waals surface area contributed by atoms with Crippen molar-refractivity contribution in [3.63, 3.8) is 0 Å². The van der Waals surface area contributed by atoms with Crippen LogP contribution in [0.3, 0.4) is 0 Å². The van der Waals surface area contributed by atoms with Crippen molar-refractivity contribution in [2.24, 2.45) is 0 Å². The van der Waals surface area contributed by atoms with E-state index >= 15 is 0 Å². The highest BCUT2D eigenvalue weighted by Crippen LogP contribution is 2.20. The molecule has 107 valence electrons. The maximum absolute atomic E-state index is 13.7. The average Bonchev–Trinajstić information content (AvgIpc) is 2.45. The lowest BCUT2D eigenvalue weighted by molar-refractivity contribution is 0.103. The molecule has 0 atom stereocenters. The van der Waals surface area contributed by atoms with Crippen LogP contribution in [0.15, 0.2) is 11.4 Å². The highest BCUT2D eigenvalue weighted by Gasteiger charge is 2.24. The van der Waals surface area contributed by atoms with Crippen LogP contribution in [-0.4, -0.2) is 38.3 Å². The van der Waals surface area contributed by atoms with Crippen LogP contribution in [0.4, 0.5) is 4.39 Å². The predicted molar refractivity (Wildman–Crippen MR) is 73.8 cm³/mol. The van der Waals surface area contributed by atoms with Crippen LogP contribution in [0.25, 0.3) is 0 Å². The highest BCUT2D eigenvalue weighted by molar-refractivity contribution is 7.98. The molecule has 0 fully saturated rings. The molecule has 0 unspecified atom stereocenters. The molecule has 2 aromatic rings. The van der Waals surface area contributed by atoms with Crippen LogP contribution < -0.4 is 0 Å². The summed E-state index contributed by atoms with van der Waals surface area (Å²) in [6.45, 7) is 1.60. The van der Waals surface area contributed by atoms with Gasteiger partial charge in [-0.15, -0.1) is 0 Å². The van der Waals surface area contributed by atoms with Gasteiger partial charge in [-0.05, 0) is 13.2 Å². The van der Waals surface area contributed by atoms with Crippen LogP contribution in [-0.2, 0) is 4.79 Å². The first-order chi connectivity index (χ1) is 9.97. The van der Waals surface area contributed by atoms with Crippen LogP contribution in [0.2, 0.25) is 5.15 Å². The summed E-state index contributed by atoms with van der Waals surface area (Å²) in [5.41, 5.74) is -1.14. The molecule has 0 amide bonds. The molecule has 2 rings (SSSR count). The van der Waals surface area contributed by atoms with Crippen LogP contribution in [0.1, 0.15) is 27.4 Å². The van der Waals surface area contributed by atoms with Gasteiger partial charge < -0.3 is 0 Å². The van der Waals surface area contributed by atoms with E-state index in [0.29, 0.717) is 5.82 Å². The third kappa shape index (κ3) is 3.06. The van der Waals surface area contributed by atoms with Crippen LogP contribution in [0, 0.1) is 12.9 Å². The fourth-order valence-electron chi connectivity index (χ4n) is 1.48. The first-order valence-electron chi connectivity index (χ1n) is 5.51.